The summed E-state index contributed by atoms with van der Waals surface area (Å²) >= 11 is 12.7. The maximum atomic E-state index is 13.3. The number of amides is 1. The van der Waals surface area contributed by atoms with Crippen molar-refractivity contribution in [1.29, 1.82) is 0 Å². The summed E-state index contributed by atoms with van der Waals surface area (Å²) in [6, 6.07) is 13.3. The second kappa shape index (κ2) is 12.3. The molecule has 0 radical (unpaired) electrons. The van der Waals surface area contributed by atoms with Gasteiger partial charge in [0.15, 0.2) is 5.69 Å². The highest BCUT2D eigenvalue weighted by molar-refractivity contribution is 6.35. The molecule has 0 unspecified atom stereocenters. The number of hydrazine groups is 1. The van der Waals surface area contributed by atoms with E-state index in [4.69, 9.17) is 33.0 Å². The smallest absolute Gasteiger partial charge is 0.286 e. The zero-order valence-corrected chi connectivity index (χ0v) is 23.0. The normalized spacial score (nSPS) is 16.6. The van der Waals surface area contributed by atoms with Crippen molar-refractivity contribution < 1.29 is 9.53 Å². The first-order valence-corrected chi connectivity index (χ1v) is 13.8. The number of hydrogen-bond acceptors (Lipinski definition) is 5. The molecule has 2 aliphatic rings. The summed E-state index contributed by atoms with van der Waals surface area (Å²) in [6.07, 6.45) is 3.33. The number of piperidine rings is 1. The molecule has 1 aromatic heterocycles. The third-order valence-electron chi connectivity index (χ3n) is 6.89. The number of nitrogens with one attached hydrogen (secondary N) is 1. The van der Waals surface area contributed by atoms with Gasteiger partial charge in [0, 0.05) is 47.9 Å². The largest absolute Gasteiger partial charge is 0.379 e. The number of aromatic nitrogens is 2. The molecule has 1 amide bonds. The van der Waals surface area contributed by atoms with E-state index in [0.29, 0.717) is 21.4 Å². The van der Waals surface area contributed by atoms with Gasteiger partial charge in [-0.25, -0.2) is 9.69 Å². The molecular formula is C29H31Cl2N5O2. The van der Waals surface area contributed by atoms with Crippen LogP contribution in [0.4, 0.5) is 0 Å². The molecule has 38 heavy (non-hydrogen) atoms. The topological polar surface area (TPSA) is 62.6 Å². The molecular weight excluding hydrogens is 521 g/mol. The number of carbonyl (C=O) groups excluding carboxylic acids is 1. The molecule has 7 nitrogen and oxygen atoms in total. The Balaban J connectivity index is 1.45. The minimum absolute atomic E-state index is 0.222. The molecule has 2 fully saturated rings. The van der Waals surface area contributed by atoms with Gasteiger partial charge in [-0.2, -0.15) is 5.10 Å². The maximum absolute atomic E-state index is 13.3. The summed E-state index contributed by atoms with van der Waals surface area (Å²) in [5.41, 5.74) is 7.47. The summed E-state index contributed by atoms with van der Waals surface area (Å²) in [4.78, 5) is 15.6. The lowest BCUT2D eigenvalue weighted by atomic mass is 10.0. The second-order valence-electron chi connectivity index (χ2n) is 9.59. The summed E-state index contributed by atoms with van der Waals surface area (Å²) in [5, 5.41) is 7.71. The van der Waals surface area contributed by atoms with Crippen molar-refractivity contribution in [3.05, 3.63) is 69.3 Å². The van der Waals surface area contributed by atoms with Gasteiger partial charge in [0.25, 0.3) is 5.91 Å². The Bertz CT molecular complexity index is 1350. The first kappa shape index (κ1) is 26.7. The quantitative estimate of drug-likeness (QED) is 0.453. The standard InChI is InChI=1S/C29H31Cl2N5O2/c1-21-27(29(37)33-35-14-3-2-4-15-35)32-36(26-12-11-24(30)20-25(26)31)28(21)23-9-7-22(8-10-23)6-5-13-34-16-18-38-19-17-34/h7-12,20H,2-4,13-19H2,1H3,(H,33,37). The van der Waals surface area contributed by atoms with Gasteiger partial charge < -0.3 is 4.74 Å². The van der Waals surface area contributed by atoms with Crippen LogP contribution in [-0.2, 0) is 4.74 Å². The molecule has 0 spiro atoms. The van der Waals surface area contributed by atoms with Gasteiger partial charge in [0.1, 0.15) is 0 Å². The van der Waals surface area contributed by atoms with Crippen molar-refractivity contribution >= 4 is 29.1 Å². The van der Waals surface area contributed by atoms with Crippen LogP contribution >= 0.6 is 23.2 Å². The molecule has 9 heteroatoms. The molecule has 5 rings (SSSR count). The average Bonchev–Trinajstić information content (AvgIpc) is 3.27. The molecule has 0 aliphatic carbocycles. The summed E-state index contributed by atoms with van der Waals surface area (Å²) in [7, 11) is 0. The molecule has 0 saturated carbocycles. The van der Waals surface area contributed by atoms with Gasteiger partial charge in [-0.1, -0.05) is 53.6 Å². The zero-order valence-electron chi connectivity index (χ0n) is 21.5. The van der Waals surface area contributed by atoms with Crippen LogP contribution in [0, 0.1) is 18.8 Å². The van der Waals surface area contributed by atoms with E-state index in [-0.39, 0.29) is 5.91 Å². The highest BCUT2D eigenvalue weighted by Gasteiger charge is 2.25. The fourth-order valence-corrected chi connectivity index (χ4v) is 5.29. The van der Waals surface area contributed by atoms with Gasteiger partial charge in [-0.15, -0.1) is 0 Å². The van der Waals surface area contributed by atoms with E-state index in [1.165, 1.54) is 6.42 Å². The van der Waals surface area contributed by atoms with E-state index in [0.717, 1.165) is 81.2 Å². The van der Waals surface area contributed by atoms with E-state index >= 15 is 0 Å². The molecule has 198 valence electrons. The predicted molar refractivity (Wildman–Crippen MR) is 151 cm³/mol. The molecule has 2 aliphatic heterocycles. The van der Waals surface area contributed by atoms with Crippen LogP contribution in [0.2, 0.25) is 10.0 Å². The van der Waals surface area contributed by atoms with Gasteiger partial charge in [-0.05, 0) is 50.1 Å². The third-order valence-corrected chi connectivity index (χ3v) is 7.43. The van der Waals surface area contributed by atoms with Gasteiger partial charge >= 0.3 is 0 Å². The van der Waals surface area contributed by atoms with E-state index in [1.807, 2.05) is 42.3 Å². The summed E-state index contributed by atoms with van der Waals surface area (Å²) < 4.78 is 7.13. The minimum Gasteiger partial charge on any atom is -0.379 e. The highest BCUT2D eigenvalue weighted by atomic mass is 35.5. The zero-order chi connectivity index (χ0) is 26.5. The SMILES string of the molecule is Cc1c(C(=O)NN2CCCCC2)nn(-c2ccc(Cl)cc2Cl)c1-c1ccc(C#CCN2CCOCC2)cc1. The lowest BCUT2D eigenvalue weighted by molar-refractivity contribution is 0.0443. The van der Waals surface area contributed by atoms with Crippen LogP contribution in [0.1, 0.15) is 40.9 Å². The number of halogens is 2. The fourth-order valence-electron chi connectivity index (χ4n) is 4.80. The first-order valence-electron chi connectivity index (χ1n) is 13.0. The molecule has 0 bridgehead atoms. The number of nitrogens with zero attached hydrogens (tertiary/aromatic N) is 4. The summed E-state index contributed by atoms with van der Waals surface area (Å²) in [5.74, 6) is 6.30. The molecule has 3 heterocycles. The predicted octanol–water partition coefficient (Wildman–Crippen LogP) is 4.97. The van der Waals surface area contributed by atoms with Crippen molar-refractivity contribution in [2.45, 2.75) is 26.2 Å². The molecule has 2 aromatic carbocycles. The first-order chi connectivity index (χ1) is 18.5. The van der Waals surface area contributed by atoms with Crippen LogP contribution in [0.3, 0.4) is 0 Å². The van der Waals surface area contributed by atoms with Gasteiger partial charge in [0.05, 0.1) is 36.2 Å². The van der Waals surface area contributed by atoms with Crippen molar-refractivity contribution in [1.82, 2.24) is 25.1 Å². The van der Waals surface area contributed by atoms with E-state index in [2.05, 4.69) is 22.2 Å². The Morgan fingerprint density at radius 3 is 2.47 bits per heavy atom. The minimum atomic E-state index is -0.222. The van der Waals surface area contributed by atoms with Crippen LogP contribution in [0.5, 0.6) is 0 Å². The number of rotatable bonds is 5. The average molecular weight is 553 g/mol. The molecule has 0 atom stereocenters. The lowest BCUT2D eigenvalue weighted by Crippen LogP contribution is -2.45. The Morgan fingerprint density at radius 2 is 1.76 bits per heavy atom. The number of benzene rings is 2. The van der Waals surface area contributed by atoms with Crippen LogP contribution in [0.25, 0.3) is 16.9 Å². The van der Waals surface area contributed by atoms with Gasteiger partial charge in [-0.3, -0.25) is 15.1 Å². The van der Waals surface area contributed by atoms with Crippen molar-refractivity contribution in [2.75, 3.05) is 45.9 Å². The highest BCUT2D eigenvalue weighted by Crippen LogP contribution is 2.33. The second-order valence-corrected chi connectivity index (χ2v) is 10.4. The van der Waals surface area contributed by atoms with Crippen LogP contribution < -0.4 is 5.43 Å². The Hall–Kier alpha value is -2.86. The van der Waals surface area contributed by atoms with Crippen LogP contribution in [-0.4, -0.2) is 71.5 Å². The van der Waals surface area contributed by atoms with Crippen LogP contribution in [0.15, 0.2) is 42.5 Å². The maximum Gasteiger partial charge on any atom is 0.286 e. The summed E-state index contributed by atoms with van der Waals surface area (Å²) in [6.45, 7) is 7.68. The van der Waals surface area contributed by atoms with Crippen molar-refractivity contribution in [3.63, 3.8) is 0 Å². The monoisotopic (exact) mass is 551 g/mol. The van der Waals surface area contributed by atoms with E-state index in [1.54, 1.807) is 16.8 Å². The Labute approximate surface area is 233 Å². The number of ether oxygens (including phenoxy) is 1. The fraction of sp³-hybridized carbons (Fsp3) is 0.379. The molecule has 3 aromatic rings. The van der Waals surface area contributed by atoms with E-state index < -0.39 is 0 Å². The molecule has 2 saturated heterocycles. The van der Waals surface area contributed by atoms with Crippen molar-refractivity contribution in [2.24, 2.45) is 0 Å². The Kier molecular flexibility index (Phi) is 8.68. The lowest BCUT2D eigenvalue weighted by Gasteiger charge is -2.26. The molecule has 1 N–H and O–H groups in total. The Morgan fingerprint density at radius 1 is 1.03 bits per heavy atom. The number of carbonyl (C=O) groups is 1. The number of hydrogen-bond donors (Lipinski definition) is 1. The third kappa shape index (κ3) is 6.23. The van der Waals surface area contributed by atoms with Crippen molar-refractivity contribution in [3.8, 4) is 28.8 Å². The van der Waals surface area contributed by atoms with Gasteiger partial charge in [0.2, 0.25) is 0 Å². The number of morpholine rings is 1. The van der Waals surface area contributed by atoms with E-state index in [9.17, 15) is 4.79 Å².